The van der Waals surface area contributed by atoms with Crippen LogP contribution in [0.25, 0.3) is 5.53 Å². The molecule has 1 unspecified atom stereocenters. The molecule has 0 fully saturated rings. The Labute approximate surface area is 97.3 Å². The minimum atomic E-state index is -4.62. The molecule has 6 nitrogen and oxygen atoms in total. The number of ketones is 1. The van der Waals surface area contributed by atoms with E-state index in [2.05, 4.69) is 4.79 Å². The molecule has 17 heavy (non-hydrogen) atoms. The van der Waals surface area contributed by atoms with Gasteiger partial charge in [0.25, 0.3) is 10.1 Å². The Morgan fingerprint density at radius 1 is 1.35 bits per heavy atom. The van der Waals surface area contributed by atoms with E-state index in [4.69, 9.17) is 10.1 Å². The molecule has 2 rings (SSSR count). The molecule has 0 amide bonds. The monoisotopic (exact) mass is 252 g/mol. The summed E-state index contributed by atoms with van der Waals surface area (Å²) in [6.07, 6.45) is 0.0167. The average Bonchev–Trinajstić information content (AvgIpc) is 2.27. The fourth-order valence-electron chi connectivity index (χ4n) is 1.89. The van der Waals surface area contributed by atoms with Crippen molar-refractivity contribution < 1.29 is 22.6 Å². The Morgan fingerprint density at radius 3 is 2.59 bits per heavy atom. The number of rotatable bonds is 1. The lowest BCUT2D eigenvalue weighted by Gasteiger charge is -2.17. The van der Waals surface area contributed by atoms with Gasteiger partial charge in [0.2, 0.25) is 5.25 Å². The van der Waals surface area contributed by atoms with Crippen molar-refractivity contribution >= 4 is 21.6 Å². The molecule has 0 aliphatic heterocycles. The van der Waals surface area contributed by atoms with E-state index < -0.39 is 21.2 Å². The first-order valence-electron chi connectivity index (χ1n) is 4.74. The summed E-state index contributed by atoms with van der Waals surface area (Å²) in [5.74, 6) is -0.776. The van der Waals surface area contributed by atoms with Crippen LogP contribution in [0, 0.1) is 0 Å². The predicted octanol–water partition coefficient (Wildman–Crippen LogP) is 0.353. The Kier molecular flexibility index (Phi) is 2.66. The first-order valence-corrected chi connectivity index (χ1v) is 6.24. The number of carbonyl (C=O) groups is 1. The Morgan fingerprint density at radius 2 is 2.00 bits per heavy atom. The van der Waals surface area contributed by atoms with Crippen molar-refractivity contribution in [3.8, 4) is 0 Å². The third-order valence-corrected chi connectivity index (χ3v) is 3.70. The SMILES string of the molecule is [N-]=[N+]=C1Cc2ccccc2C(=O)C1S(=O)(=O)O. The van der Waals surface area contributed by atoms with Crippen LogP contribution in [0.5, 0.6) is 0 Å². The molecular weight excluding hydrogens is 244 g/mol. The summed E-state index contributed by atoms with van der Waals surface area (Å²) in [6.45, 7) is 0. The number of carbonyl (C=O) groups excluding carboxylic acids is 1. The van der Waals surface area contributed by atoms with E-state index in [1.54, 1.807) is 18.2 Å². The molecular formula is C10H8N2O4S. The van der Waals surface area contributed by atoms with E-state index >= 15 is 0 Å². The highest BCUT2D eigenvalue weighted by Crippen LogP contribution is 2.22. The van der Waals surface area contributed by atoms with Gasteiger partial charge in [0.15, 0.2) is 5.78 Å². The zero-order valence-corrected chi connectivity index (χ0v) is 9.38. The molecule has 1 N–H and O–H groups in total. The number of hydrogen-bond acceptors (Lipinski definition) is 3. The van der Waals surface area contributed by atoms with E-state index in [1.165, 1.54) is 6.07 Å². The molecule has 0 bridgehead atoms. The largest absolute Gasteiger partial charge is 0.362 e. The van der Waals surface area contributed by atoms with Crippen molar-refractivity contribution in [2.45, 2.75) is 11.7 Å². The number of benzene rings is 1. The van der Waals surface area contributed by atoms with Crippen LogP contribution in [-0.2, 0) is 16.5 Å². The molecule has 1 aromatic rings. The van der Waals surface area contributed by atoms with E-state index in [-0.39, 0.29) is 17.7 Å². The molecule has 1 aromatic carbocycles. The van der Waals surface area contributed by atoms with Crippen molar-refractivity contribution in [1.82, 2.24) is 0 Å². The minimum absolute atomic E-state index is 0.0167. The Hall–Kier alpha value is -1.82. The fraction of sp³-hybridized carbons (Fsp3) is 0.200. The van der Waals surface area contributed by atoms with Crippen molar-refractivity contribution in [3.05, 3.63) is 40.9 Å². The Balaban J connectivity index is 2.67. The number of fused-ring (bicyclic) bond motifs is 1. The van der Waals surface area contributed by atoms with Crippen molar-refractivity contribution in [1.29, 1.82) is 0 Å². The smallest absolute Gasteiger partial charge is 0.301 e. The van der Waals surface area contributed by atoms with Crippen LogP contribution in [0.4, 0.5) is 0 Å². The number of Topliss-reactive ketones (excluding diaryl/α,β-unsaturated/α-hetero) is 1. The predicted molar refractivity (Wildman–Crippen MR) is 58.4 cm³/mol. The lowest BCUT2D eigenvalue weighted by molar-refractivity contribution is -0.0102. The van der Waals surface area contributed by atoms with Crippen LogP contribution in [0.2, 0.25) is 0 Å². The third kappa shape index (κ3) is 1.91. The van der Waals surface area contributed by atoms with Crippen LogP contribution in [0.15, 0.2) is 24.3 Å². The summed E-state index contributed by atoms with van der Waals surface area (Å²) in [4.78, 5) is 14.7. The second kappa shape index (κ2) is 3.89. The molecule has 0 saturated heterocycles. The van der Waals surface area contributed by atoms with Gasteiger partial charge >= 0.3 is 5.71 Å². The van der Waals surface area contributed by atoms with Gasteiger partial charge in [-0.2, -0.15) is 13.2 Å². The molecule has 1 atom stereocenters. The maximum atomic E-state index is 11.9. The van der Waals surface area contributed by atoms with E-state index in [1.807, 2.05) is 0 Å². The summed E-state index contributed by atoms with van der Waals surface area (Å²) in [6, 6.07) is 6.40. The van der Waals surface area contributed by atoms with Gasteiger partial charge in [-0.05, 0) is 5.56 Å². The quantitative estimate of drug-likeness (QED) is 0.442. The minimum Gasteiger partial charge on any atom is -0.362 e. The van der Waals surface area contributed by atoms with Crippen LogP contribution in [-0.4, -0.2) is 34.5 Å². The second-order valence-corrected chi connectivity index (χ2v) is 5.19. The second-order valence-electron chi connectivity index (χ2n) is 3.68. The fourth-order valence-corrected chi connectivity index (χ4v) is 2.76. The number of nitrogens with zero attached hydrogens (tertiary/aromatic N) is 2. The lowest BCUT2D eigenvalue weighted by atomic mass is 9.89. The summed E-state index contributed by atoms with van der Waals surface area (Å²) in [5, 5.41) is -1.80. The van der Waals surface area contributed by atoms with Crippen LogP contribution in [0.3, 0.4) is 0 Å². The molecule has 88 valence electrons. The highest BCUT2D eigenvalue weighted by atomic mass is 32.2. The van der Waals surface area contributed by atoms with E-state index in [0.717, 1.165) is 0 Å². The van der Waals surface area contributed by atoms with Gasteiger partial charge in [0.05, 0.1) is 6.42 Å². The highest BCUT2D eigenvalue weighted by molar-refractivity contribution is 7.88. The maximum absolute atomic E-state index is 11.9. The molecule has 0 spiro atoms. The van der Waals surface area contributed by atoms with E-state index in [9.17, 15) is 13.2 Å². The van der Waals surface area contributed by atoms with Crippen LogP contribution < -0.4 is 0 Å². The summed E-state index contributed by atoms with van der Waals surface area (Å²) in [7, 11) is -4.62. The molecule has 0 saturated carbocycles. The summed E-state index contributed by atoms with van der Waals surface area (Å²) < 4.78 is 31.2. The van der Waals surface area contributed by atoms with E-state index in [0.29, 0.717) is 5.56 Å². The topological polar surface area (TPSA) is 108 Å². The van der Waals surface area contributed by atoms with Gasteiger partial charge in [0.1, 0.15) is 0 Å². The molecule has 0 aromatic heterocycles. The molecule has 1 aliphatic rings. The van der Waals surface area contributed by atoms with Crippen LogP contribution >= 0.6 is 0 Å². The molecule has 0 radical (unpaired) electrons. The van der Waals surface area contributed by atoms with Crippen molar-refractivity contribution in [2.24, 2.45) is 0 Å². The maximum Gasteiger partial charge on any atom is 0.301 e. The zero-order chi connectivity index (χ0) is 12.6. The Bertz CT molecular complexity index is 644. The molecule has 1 aliphatic carbocycles. The summed E-state index contributed by atoms with van der Waals surface area (Å²) >= 11 is 0. The van der Waals surface area contributed by atoms with Gasteiger partial charge in [-0.15, -0.1) is 0 Å². The van der Waals surface area contributed by atoms with Gasteiger partial charge in [-0.25, -0.2) is 0 Å². The van der Waals surface area contributed by atoms with Gasteiger partial charge in [-0.1, -0.05) is 24.3 Å². The first-order chi connectivity index (χ1) is 7.95. The number of hydrogen-bond donors (Lipinski definition) is 1. The normalized spacial score (nSPS) is 19.7. The lowest BCUT2D eigenvalue weighted by Crippen LogP contribution is -2.43. The highest BCUT2D eigenvalue weighted by Gasteiger charge is 2.46. The molecule has 0 heterocycles. The van der Waals surface area contributed by atoms with Crippen molar-refractivity contribution in [2.75, 3.05) is 0 Å². The van der Waals surface area contributed by atoms with Gasteiger partial charge in [-0.3, -0.25) is 9.35 Å². The molecule has 7 heteroatoms. The van der Waals surface area contributed by atoms with Crippen molar-refractivity contribution in [3.63, 3.8) is 0 Å². The van der Waals surface area contributed by atoms with Gasteiger partial charge < -0.3 is 5.53 Å². The third-order valence-electron chi connectivity index (χ3n) is 2.62. The standard InChI is InChI=1S/C10H8N2O4S/c11-12-8-5-6-3-1-2-4-7(6)9(13)10(8)17(14,15)16/h1-4,10H,5H2,(H,14,15,16). The zero-order valence-electron chi connectivity index (χ0n) is 8.57. The average molecular weight is 252 g/mol. The van der Waals surface area contributed by atoms with Gasteiger partial charge in [0, 0.05) is 5.56 Å². The summed E-state index contributed by atoms with van der Waals surface area (Å²) in [5.41, 5.74) is 9.26. The first kappa shape index (κ1) is 11.7. The van der Waals surface area contributed by atoms with Crippen LogP contribution in [0.1, 0.15) is 15.9 Å².